The molecule has 0 amide bonds. The molecule has 0 bridgehead atoms. The van der Waals surface area contributed by atoms with Crippen LogP contribution in [0.4, 0.5) is 0 Å². The molecule has 1 heterocycles. The van der Waals surface area contributed by atoms with Crippen LogP contribution < -0.4 is 9.47 Å². The molecule has 7 heteroatoms. The maximum atomic E-state index is 10.7. The lowest BCUT2D eigenvalue weighted by Crippen LogP contribution is -2.36. The molecular formula is C28H35NO5S. The first-order valence-electron chi connectivity index (χ1n) is 12.0. The number of carbonyl (C=O) groups is 1. The zero-order valence-electron chi connectivity index (χ0n) is 20.8. The molecule has 1 aliphatic heterocycles. The van der Waals surface area contributed by atoms with Gasteiger partial charge in [-0.2, -0.15) is 0 Å². The lowest BCUT2D eigenvalue weighted by molar-refractivity contribution is -0.137. The van der Waals surface area contributed by atoms with Crippen molar-refractivity contribution >= 4 is 17.7 Å². The van der Waals surface area contributed by atoms with Crippen molar-refractivity contribution in [3.63, 3.8) is 0 Å². The molecule has 0 unspecified atom stereocenters. The van der Waals surface area contributed by atoms with Crippen LogP contribution in [0.5, 0.6) is 11.5 Å². The van der Waals surface area contributed by atoms with E-state index in [1.165, 1.54) is 0 Å². The highest BCUT2D eigenvalue weighted by atomic mass is 32.2. The van der Waals surface area contributed by atoms with Crippen LogP contribution in [-0.2, 0) is 15.3 Å². The van der Waals surface area contributed by atoms with Gasteiger partial charge in [-0.1, -0.05) is 25.7 Å². The number of hydrogen-bond donors (Lipinski definition) is 1. The number of thioether (sulfide) groups is 1. The topological polar surface area (TPSA) is 68.2 Å². The van der Waals surface area contributed by atoms with Crippen LogP contribution in [0, 0.1) is 24.7 Å². The lowest BCUT2D eigenvalue weighted by atomic mass is 10.1. The Kier molecular flexibility index (Phi) is 10.8. The second kappa shape index (κ2) is 14.0. The predicted octanol–water partition coefficient (Wildman–Crippen LogP) is 4.86. The molecule has 2 aromatic rings. The van der Waals surface area contributed by atoms with Gasteiger partial charge < -0.3 is 19.3 Å². The zero-order chi connectivity index (χ0) is 25.0. The minimum atomic E-state index is -0.861. The number of aliphatic carboxylic acids is 1. The second-order valence-electron chi connectivity index (χ2n) is 8.97. The Bertz CT molecular complexity index is 1040. The van der Waals surface area contributed by atoms with E-state index in [0.717, 1.165) is 71.7 Å². The largest absolute Gasteiger partial charge is 0.493 e. The number of benzene rings is 2. The Hall–Kier alpha value is -2.66. The highest BCUT2D eigenvalue weighted by molar-refractivity contribution is 7.98. The van der Waals surface area contributed by atoms with E-state index in [1.54, 1.807) is 11.8 Å². The molecule has 3 rings (SSSR count). The SMILES string of the molecule is Cc1cc(SCc2cc(C#CCN3CCOCC3)cc(OCC(C)C)c2)ccc1OCCC(=O)O. The third-order valence-electron chi connectivity index (χ3n) is 5.31. The van der Waals surface area contributed by atoms with E-state index in [0.29, 0.717) is 12.5 Å². The number of hydrogen-bond acceptors (Lipinski definition) is 6. The first-order chi connectivity index (χ1) is 16.9. The summed E-state index contributed by atoms with van der Waals surface area (Å²) in [6, 6.07) is 12.2. The fourth-order valence-electron chi connectivity index (χ4n) is 3.46. The summed E-state index contributed by atoms with van der Waals surface area (Å²) in [5.74, 6) is 8.58. The molecule has 188 valence electrons. The van der Waals surface area contributed by atoms with E-state index in [-0.39, 0.29) is 13.0 Å². The van der Waals surface area contributed by atoms with Crippen LogP contribution in [0.25, 0.3) is 0 Å². The van der Waals surface area contributed by atoms with E-state index in [4.69, 9.17) is 19.3 Å². The highest BCUT2D eigenvalue weighted by Gasteiger charge is 2.09. The monoisotopic (exact) mass is 497 g/mol. The summed E-state index contributed by atoms with van der Waals surface area (Å²) in [6.07, 6.45) is -0.0111. The number of carboxylic acids is 1. The van der Waals surface area contributed by atoms with Gasteiger partial charge in [0.2, 0.25) is 0 Å². The number of rotatable bonds is 11. The van der Waals surface area contributed by atoms with Crippen LogP contribution in [-0.4, -0.2) is 62.0 Å². The van der Waals surface area contributed by atoms with Gasteiger partial charge in [-0.25, -0.2) is 0 Å². The Labute approximate surface area is 213 Å². The molecule has 0 radical (unpaired) electrons. The summed E-state index contributed by atoms with van der Waals surface area (Å²) in [7, 11) is 0. The smallest absolute Gasteiger partial charge is 0.306 e. The molecule has 0 aromatic heterocycles. The molecule has 1 saturated heterocycles. The summed E-state index contributed by atoms with van der Waals surface area (Å²) in [6.45, 7) is 11.2. The molecule has 0 spiro atoms. The van der Waals surface area contributed by atoms with Crippen molar-refractivity contribution in [2.45, 2.75) is 37.8 Å². The third kappa shape index (κ3) is 9.85. The first-order valence-corrected chi connectivity index (χ1v) is 13.0. The maximum Gasteiger partial charge on any atom is 0.306 e. The van der Waals surface area contributed by atoms with Gasteiger partial charge >= 0.3 is 5.97 Å². The summed E-state index contributed by atoms with van der Waals surface area (Å²) < 4.78 is 17.0. The van der Waals surface area contributed by atoms with Crippen molar-refractivity contribution in [1.29, 1.82) is 0 Å². The second-order valence-corrected chi connectivity index (χ2v) is 10.0. The van der Waals surface area contributed by atoms with Crippen LogP contribution in [0.3, 0.4) is 0 Å². The molecule has 35 heavy (non-hydrogen) atoms. The van der Waals surface area contributed by atoms with Crippen molar-refractivity contribution < 1.29 is 24.1 Å². The maximum absolute atomic E-state index is 10.7. The molecule has 1 N–H and O–H groups in total. The average molecular weight is 498 g/mol. The third-order valence-corrected chi connectivity index (χ3v) is 6.38. The molecule has 0 aliphatic carbocycles. The fourth-order valence-corrected chi connectivity index (χ4v) is 4.39. The van der Waals surface area contributed by atoms with Gasteiger partial charge in [0.15, 0.2) is 0 Å². The van der Waals surface area contributed by atoms with Crippen LogP contribution in [0.1, 0.15) is 37.0 Å². The van der Waals surface area contributed by atoms with Crippen molar-refractivity contribution in [2.75, 3.05) is 46.1 Å². The number of aryl methyl sites for hydroxylation is 1. The summed E-state index contributed by atoms with van der Waals surface area (Å²) in [4.78, 5) is 14.1. The normalized spacial score (nSPS) is 13.8. The highest BCUT2D eigenvalue weighted by Crippen LogP contribution is 2.29. The van der Waals surface area contributed by atoms with Crippen molar-refractivity contribution in [2.24, 2.45) is 5.92 Å². The Morgan fingerprint density at radius 2 is 1.97 bits per heavy atom. The zero-order valence-corrected chi connectivity index (χ0v) is 21.7. The van der Waals surface area contributed by atoms with Crippen LogP contribution in [0.2, 0.25) is 0 Å². The number of ether oxygens (including phenoxy) is 3. The Balaban J connectivity index is 1.65. The van der Waals surface area contributed by atoms with Crippen molar-refractivity contribution in [1.82, 2.24) is 4.90 Å². The quantitative estimate of drug-likeness (QED) is 0.351. The minimum absolute atomic E-state index is 0.0111. The van der Waals surface area contributed by atoms with Gasteiger partial charge in [0.05, 0.1) is 39.4 Å². The number of carboxylic acid groups (broad SMARTS) is 1. The molecule has 6 nitrogen and oxygen atoms in total. The van der Waals surface area contributed by atoms with E-state index in [1.807, 2.05) is 25.1 Å². The summed E-state index contributed by atoms with van der Waals surface area (Å²) in [5, 5.41) is 8.78. The van der Waals surface area contributed by atoms with Crippen LogP contribution in [0.15, 0.2) is 41.3 Å². The van der Waals surface area contributed by atoms with E-state index in [2.05, 4.69) is 48.8 Å². The molecule has 2 aromatic carbocycles. The first kappa shape index (κ1) is 26.9. The van der Waals surface area contributed by atoms with Gasteiger partial charge in [-0.15, -0.1) is 11.8 Å². The Morgan fingerprint density at radius 1 is 1.17 bits per heavy atom. The van der Waals surface area contributed by atoms with Crippen molar-refractivity contribution in [3.05, 3.63) is 53.1 Å². The van der Waals surface area contributed by atoms with E-state index >= 15 is 0 Å². The van der Waals surface area contributed by atoms with E-state index in [9.17, 15) is 4.79 Å². The van der Waals surface area contributed by atoms with Gasteiger partial charge in [0.1, 0.15) is 11.5 Å². The molecule has 1 aliphatic rings. The molecule has 0 atom stereocenters. The fraction of sp³-hybridized carbons (Fsp3) is 0.464. The van der Waals surface area contributed by atoms with E-state index < -0.39 is 5.97 Å². The van der Waals surface area contributed by atoms with Gasteiger partial charge in [-0.05, 0) is 60.4 Å². The predicted molar refractivity (Wildman–Crippen MR) is 139 cm³/mol. The van der Waals surface area contributed by atoms with Crippen LogP contribution >= 0.6 is 11.8 Å². The molecule has 1 fully saturated rings. The van der Waals surface area contributed by atoms with Gasteiger partial charge in [0, 0.05) is 29.3 Å². The number of nitrogens with zero attached hydrogens (tertiary/aromatic N) is 1. The van der Waals surface area contributed by atoms with Crippen molar-refractivity contribution in [3.8, 4) is 23.3 Å². The van der Waals surface area contributed by atoms with Gasteiger partial charge in [0.25, 0.3) is 0 Å². The average Bonchev–Trinajstić information content (AvgIpc) is 2.83. The molecule has 0 saturated carbocycles. The summed E-state index contributed by atoms with van der Waals surface area (Å²) >= 11 is 1.74. The standard InChI is InChI=1S/C28H35NO5S/c1-21(2)19-34-25-17-23(5-4-9-29-10-13-32-14-11-29)16-24(18-25)20-35-26-6-7-27(22(3)15-26)33-12-8-28(30)31/h6-7,15-18,21H,8-14,19-20H2,1-3H3,(H,30,31). The lowest BCUT2D eigenvalue weighted by Gasteiger charge is -2.24. The Morgan fingerprint density at radius 3 is 2.69 bits per heavy atom. The van der Waals surface area contributed by atoms with Gasteiger partial charge in [-0.3, -0.25) is 9.69 Å². The number of morpholine rings is 1. The molecular weight excluding hydrogens is 462 g/mol. The minimum Gasteiger partial charge on any atom is -0.493 e. The summed E-state index contributed by atoms with van der Waals surface area (Å²) in [5.41, 5.74) is 3.11.